The molecule has 0 unspecified atom stereocenters. The Kier molecular flexibility index (Phi) is 3.11. The standard InChI is InChI=1S/C18H12S4/c1-5-19-15-9-17-13(3-7-21-17)14-4-8-22-18(14)10-16-12(11(1)15)2-6-20-16/h1-8H,9-10H2. The van der Waals surface area contributed by atoms with E-state index in [0.717, 1.165) is 12.8 Å². The summed E-state index contributed by atoms with van der Waals surface area (Å²) < 4.78 is 0. The van der Waals surface area contributed by atoms with Crippen LogP contribution in [0.2, 0.25) is 0 Å². The molecule has 108 valence electrons. The Bertz CT molecular complexity index is 792. The fraction of sp³-hybridized carbons (Fsp3) is 0.111. The van der Waals surface area contributed by atoms with E-state index in [4.69, 9.17) is 0 Å². The molecule has 0 spiro atoms. The van der Waals surface area contributed by atoms with Crippen molar-refractivity contribution in [2.75, 3.05) is 0 Å². The van der Waals surface area contributed by atoms with Gasteiger partial charge in [-0.05, 0) is 68.0 Å². The number of thiophene rings is 4. The SMILES string of the molecule is c1cc2c(s1)Cc1sccc1-c1ccsc1Cc1sccc1-2. The van der Waals surface area contributed by atoms with Crippen molar-refractivity contribution >= 4 is 45.3 Å². The third-order valence-corrected chi connectivity index (χ3v) is 7.89. The van der Waals surface area contributed by atoms with Crippen molar-refractivity contribution < 1.29 is 0 Å². The molecule has 4 heteroatoms. The van der Waals surface area contributed by atoms with Gasteiger partial charge in [-0.3, -0.25) is 0 Å². The van der Waals surface area contributed by atoms with Crippen molar-refractivity contribution in [1.82, 2.24) is 0 Å². The van der Waals surface area contributed by atoms with Crippen LogP contribution in [-0.2, 0) is 12.8 Å². The summed E-state index contributed by atoms with van der Waals surface area (Å²) in [5.74, 6) is 0. The molecule has 0 aromatic carbocycles. The van der Waals surface area contributed by atoms with Crippen molar-refractivity contribution in [3.63, 3.8) is 0 Å². The van der Waals surface area contributed by atoms with Crippen LogP contribution in [-0.4, -0.2) is 0 Å². The van der Waals surface area contributed by atoms with E-state index in [2.05, 4.69) is 45.8 Å². The molecule has 0 fully saturated rings. The van der Waals surface area contributed by atoms with Gasteiger partial charge in [0.15, 0.2) is 0 Å². The van der Waals surface area contributed by atoms with Gasteiger partial charge < -0.3 is 0 Å². The Balaban J connectivity index is 1.80. The molecule has 4 heterocycles. The molecule has 0 saturated carbocycles. The van der Waals surface area contributed by atoms with Crippen molar-refractivity contribution in [2.45, 2.75) is 12.8 Å². The van der Waals surface area contributed by atoms with E-state index in [-0.39, 0.29) is 0 Å². The quantitative estimate of drug-likeness (QED) is 0.287. The molecule has 4 aromatic heterocycles. The van der Waals surface area contributed by atoms with Crippen molar-refractivity contribution in [3.8, 4) is 22.3 Å². The Hall–Kier alpha value is -1.20. The predicted octanol–water partition coefficient (Wildman–Crippen LogP) is 6.76. The first-order chi connectivity index (χ1) is 10.9. The van der Waals surface area contributed by atoms with Crippen molar-refractivity contribution in [3.05, 3.63) is 65.3 Å². The van der Waals surface area contributed by atoms with Crippen LogP contribution in [0, 0.1) is 0 Å². The molecule has 5 rings (SSSR count). The summed E-state index contributed by atoms with van der Waals surface area (Å²) >= 11 is 7.58. The largest absolute Gasteiger partial charge is 0.148 e. The summed E-state index contributed by atoms with van der Waals surface area (Å²) in [5.41, 5.74) is 5.78. The zero-order chi connectivity index (χ0) is 14.5. The lowest BCUT2D eigenvalue weighted by Crippen LogP contribution is -1.93. The second-order valence-corrected chi connectivity index (χ2v) is 9.39. The number of hydrogen-bond donors (Lipinski definition) is 0. The highest BCUT2D eigenvalue weighted by Crippen LogP contribution is 2.43. The van der Waals surface area contributed by atoms with Gasteiger partial charge >= 0.3 is 0 Å². The highest BCUT2D eigenvalue weighted by atomic mass is 32.1. The van der Waals surface area contributed by atoms with E-state index >= 15 is 0 Å². The van der Waals surface area contributed by atoms with Gasteiger partial charge in [0.25, 0.3) is 0 Å². The van der Waals surface area contributed by atoms with Crippen LogP contribution in [0.25, 0.3) is 22.3 Å². The lowest BCUT2D eigenvalue weighted by molar-refractivity contribution is 1.26. The number of hydrogen-bond acceptors (Lipinski definition) is 4. The van der Waals surface area contributed by atoms with E-state index in [1.807, 2.05) is 45.3 Å². The maximum atomic E-state index is 2.30. The summed E-state index contributed by atoms with van der Waals surface area (Å²) in [6.45, 7) is 0. The first-order valence-electron chi connectivity index (χ1n) is 7.16. The van der Waals surface area contributed by atoms with Crippen LogP contribution in [0.4, 0.5) is 0 Å². The van der Waals surface area contributed by atoms with Gasteiger partial charge in [0, 0.05) is 32.4 Å². The first-order valence-corrected chi connectivity index (χ1v) is 10.7. The van der Waals surface area contributed by atoms with Gasteiger partial charge in [-0.25, -0.2) is 0 Å². The predicted molar refractivity (Wildman–Crippen MR) is 101 cm³/mol. The van der Waals surface area contributed by atoms with Crippen LogP contribution >= 0.6 is 45.3 Å². The first kappa shape index (κ1) is 13.3. The van der Waals surface area contributed by atoms with Crippen LogP contribution in [0.3, 0.4) is 0 Å². The van der Waals surface area contributed by atoms with Gasteiger partial charge in [-0.15, -0.1) is 45.3 Å². The van der Waals surface area contributed by atoms with E-state index in [1.54, 1.807) is 0 Å². The summed E-state index contributed by atoms with van der Waals surface area (Å²) in [7, 11) is 0. The Labute approximate surface area is 145 Å². The third-order valence-electron chi connectivity index (χ3n) is 4.20. The van der Waals surface area contributed by atoms with Gasteiger partial charge in [-0.1, -0.05) is 0 Å². The zero-order valence-electron chi connectivity index (χ0n) is 11.7. The van der Waals surface area contributed by atoms with Crippen molar-refractivity contribution in [2.24, 2.45) is 0 Å². The van der Waals surface area contributed by atoms with Gasteiger partial charge in [0.05, 0.1) is 0 Å². The molecule has 4 aromatic rings. The van der Waals surface area contributed by atoms with E-state index in [1.165, 1.54) is 41.8 Å². The molecule has 22 heavy (non-hydrogen) atoms. The minimum absolute atomic E-state index is 1.06. The van der Waals surface area contributed by atoms with Crippen LogP contribution in [0.15, 0.2) is 45.8 Å². The molecule has 1 aliphatic carbocycles. The molecule has 0 bridgehead atoms. The molecular formula is C18H12S4. The molecule has 0 saturated heterocycles. The van der Waals surface area contributed by atoms with Crippen LogP contribution < -0.4 is 0 Å². The average molecular weight is 357 g/mol. The van der Waals surface area contributed by atoms with Gasteiger partial charge in [0.1, 0.15) is 0 Å². The molecule has 0 N–H and O–H groups in total. The lowest BCUT2D eigenvalue weighted by Gasteiger charge is -2.11. The van der Waals surface area contributed by atoms with Gasteiger partial charge in [0.2, 0.25) is 0 Å². The summed E-state index contributed by atoms with van der Waals surface area (Å²) in [6.07, 6.45) is 2.12. The van der Waals surface area contributed by atoms with Crippen molar-refractivity contribution in [1.29, 1.82) is 0 Å². The molecule has 0 aliphatic heterocycles. The van der Waals surface area contributed by atoms with E-state index in [0.29, 0.717) is 0 Å². The summed E-state index contributed by atoms with van der Waals surface area (Å²) in [4.78, 5) is 6.01. The van der Waals surface area contributed by atoms with Crippen LogP contribution in [0.5, 0.6) is 0 Å². The second kappa shape index (κ2) is 5.17. The summed E-state index contributed by atoms with van der Waals surface area (Å²) in [6, 6.07) is 9.21. The Morgan fingerprint density at radius 2 is 0.727 bits per heavy atom. The fourth-order valence-electron chi connectivity index (χ4n) is 3.16. The van der Waals surface area contributed by atoms with E-state index in [9.17, 15) is 0 Å². The maximum absolute atomic E-state index is 2.30. The Morgan fingerprint density at radius 3 is 1.00 bits per heavy atom. The molecule has 1 aliphatic rings. The monoisotopic (exact) mass is 356 g/mol. The minimum atomic E-state index is 1.06. The Morgan fingerprint density at radius 1 is 0.455 bits per heavy atom. The molecule has 0 atom stereocenters. The fourth-order valence-corrected chi connectivity index (χ4v) is 6.95. The number of rotatable bonds is 0. The smallest absolute Gasteiger partial charge is 0.0176 e. The molecule has 0 nitrogen and oxygen atoms in total. The normalized spacial score (nSPS) is 13.1. The van der Waals surface area contributed by atoms with Crippen LogP contribution in [0.1, 0.15) is 19.5 Å². The molecule has 0 radical (unpaired) electrons. The topological polar surface area (TPSA) is 0 Å². The average Bonchev–Trinajstić information content (AvgIpc) is 3.26. The molecule has 0 amide bonds. The highest BCUT2D eigenvalue weighted by Gasteiger charge is 2.20. The lowest BCUT2D eigenvalue weighted by atomic mass is 9.98. The highest BCUT2D eigenvalue weighted by molar-refractivity contribution is 7.13. The molecular weight excluding hydrogens is 344 g/mol. The second-order valence-electron chi connectivity index (χ2n) is 5.38. The van der Waals surface area contributed by atoms with E-state index < -0.39 is 0 Å². The maximum Gasteiger partial charge on any atom is 0.0176 e. The minimum Gasteiger partial charge on any atom is -0.148 e. The zero-order valence-corrected chi connectivity index (χ0v) is 14.9. The van der Waals surface area contributed by atoms with Gasteiger partial charge in [-0.2, -0.15) is 0 Å². The third kappa shape index (κ3) is 1.98. The summed E-state index contributed by atoms with van der Waals surface area (Å²) in [5, 5.41) is 8.97. The number of fused-ring (bicyclic) bond motifs is 6.